The fraction of sp³-hybridized carbons (Fsp3) is 0.500. The van der Waals surface area contributed by atoms with Crippen LogP contribution >= 0.6 is 35.3 Å². The van der Waals surface area contributed by atoms with E-state index in [0.717, 1.165) is 43.3 Å². The third-order valence-corrected chi connectivity index (χ3v) is 7.51. The lowest BCUT2D eigenvalue weighted by Crippen LogP contribution is -2.49. The maximum atomic E-state index is 4.47. The summed E-state index contributed by atoms with van der Waals surface area (Å²) in [7, 11) is 1.89. The first-order valence-corrected chi connectivity index (χ1v) is 11.0. The van der Waals surface area contributed by atoms with Crippen LogP contribution in [0.15, 0.2) is 46.8 Å². The minimum atomic E-state index is 0. The van der Waals surface area contributed by atoms with Gasteiger partial charge in [-0.25, -0.2) is 0 Å². The molecule has 1 aromatic heterocycles. The molecular formula is C22H29IN4S. The molecule has 1 saturated carbocycles. The smallest absolute Gasteiger partial charge is 0.191 e. The van der Waals surface area contributed by atoms with Crippen molar-refractivity contribution in [3.8, 4) is 0 Å². The second-order valence-electron chi connectivity index (χ2n) is 8.07. The van der Waals surface area contributed by atoms with Crippen LogP contribution < -0.4 is 15.5 Å². The molecular weight excluding hydrogens is 479 g/mol. The first-order chi connectivity index (χ1) is 13.3. The Morgan fingerprint density at radius 2 is 2.00 bits per heavy atom. The van der Waals surface area contributed by atoms with Gasteiger partial charge in [0.1, 0.15) is 0 Å². The number of hydrogen-bond acceptors (Lipinski definition) is 3. The van der Waals surface area contributed by atoms with Crippen LogP contribution in [0.5, 0.6) is 0 Å². The highest BCUT2D eigenvalue weighted by atomic mass is 127. The van der Waals surface area contributed by atoms with E-state index in [9.17, 15) is 0 Å². The van der Waals surface area contributed by atoms with Gasteiger partial charge in [-0.05, 0) is 65.7 Å². The van der Waals surface area contributed by atoms with Crippen LogP contribution in [0.1, 0.15) is 29.9 Å². The van der Waals surface area contributed by atoms with Crippen LogP contribution in [0.2, 0.25) is 0 Å². The van der Waals surface area contributed by atoms with Crippen LogP contribution in [0.25, 0.3) is 0 Å². The minimum Gasteiger partial charge on any atom is -0.363 e. The third-order valence-electron chi connectivity index (χ3n) is 6.58. The Bertz CT molecular complexity index is 814. The van der Waals surface area contributed by atoms with Crippen LogP contribution in [0, 0.1) is 11.8 Å². The second-order valence-corrected chi connectivity index (χ2v) is 8.99. The van der Waals surface area contributed by atoms with E-state index in [4.69, 9.17) is 0 Å². The fourth-order valence-electron chi connectivity index (χ4n) is 5.06. The number of halogens is 1. The average Bonchev–Trinajstić information content (AvgIpc) is 3.08. The Balaban J connectivity index is 0.00000192. The van der Waals surface area contributed by atoms with Crippen molar-refractivity contribution in [3.63, 3.8) is 0 Å². The summed E-state index contributed by atoms with van der Waals surface area (Å²) < 4.78 is 0. The van der Waals surface area contributed by atoms with Gasteiger partial charge in [0.05, 0.1) is 5.00 Å². The van der Waals surface area contributed by atoms with Crippen LogP contribution in [0.3, 0.4) is 0 Å². The molecule has 2 heterocycles. The molecule has 2 aliphatic carbocycles. The number of guanidine groups is 1. The molecule has 2 fully saturated rings. The van der Waals surface area contributed by atoms with Gasteiger partial charge in [-0.1, -0.05) is 24.3 Å². The van der Waals surface area contributed by atoms with Gasteiger partial charge in [-0.2, -0.15) is 0 Å². The minimum absolute atomic E-state index is 0. The molecule has 3 atom stereocenters. The van der Waals surface area contributed by atoms with Crippen LogP contribution in [-0.4, -0.2) is 38.7 Å². The van der Waals surface area contributed by atoms with E-state index >= 15 is 0 Å². The van der Waals surface area contributed by atoms with Crippen molar-refractivity contribution < 1.29 is 0 Å². The number of benzene rings is 1. The van der Waals surface area contributed by atoms with E-state index in [-0.39, 0.29) is 24.0 Å². The van der Waals surface area contributed by atoms with E-state index in [2.05, 4.69) is 62.3 Å². The molecule has 0 spiro atoms. The fourth-order valence-corrected chi connectivity index (χ4v) is 5.84. The number of aliphatic imine (C=N–C) groups is 1. The standard InChI is InChI=1S/C22H28N4S.HI/c1-23-22(25-16-8-10-26(11-9-16)20-7-4-12-27-20)24-14-19-18-13-15-5-2-3-6-17(15)21(18)19;/h2-7,12,16,18-19,21H,8-11,13-14H2,1H3,(H2,23,24,25);1H. The van der Waals surface area contributed by atoms with E-state index in [1.807, 2.05) is 18.4 Å². The number of fused-ring (bicyclic) bond motifs is 3. The topological polar surface area (TPSA) is 39.7 Å². The van der Waals surface area contributed by atoms with Crippen molar-refractivity contribution in [3.05, 3.63) is 52.9 Å². The Labute approximate surface area is 188 Å². The summed E-state index contributed by atoms with van der Waals surface area (Å²) in [4.78, 5) is 6.97. The highest BCUT2D eigenvalue weighted by Gasteiger charge is 2.54. The maximum absolute atomic E-state index is 4.47. The summed E-state index contributed by atoms with van der Waals surface area (Å²) in [5.74, 6) is 3.38. The molecule has 2 aromatic rings. The van der Waals surface area contributed by atoms with Gasteiger partial charge in [-0.15, -0.1) is 35.3 Å². The largest absolute Gasteiger partial charge is 0.363 e. The predicted octanol–water partition coefficient (Wildman–Crippen LogP) is 4.09. The highest BCUT2D eigenvalue weighted by Crippen LogP contribution is 2.60. The zero-order valence-corrected chi connectivity index (χ0v) is 19.5. The maximum Gasteiger partial charge on any atom is 0.191 e. The van der Waals surface area contributed by atoms with E-state index < -0.39 is 0 Å². The Hall–Kier alpha value is -1.28. The van der Waals surface area contributed by atoms with E-state index in [1.54, 1.807) is 11.1 Å². The van der Waals surface area contributed by atoms with Crippen molar-refractivity contribution >= 4 is 46.3 Å². The van der Waals surface area contributed by atoms with Crippen molar-refractivity contribution in [2.75, 3.05) is 31.6 Å². The molecule has 3 unspecified atom stereocenters. The van der Waals surface area contributed by atoms with Gasteiger partial charge in [0.2, 0.25) is 0 Å². The zero-order chi connectivity index (χ0) is 18.2. The Kier molecular flexibility index (Phi) is 6.16. The SMILES string of the molecule is CN=C(NCC1C2Cc3ccccc3C12)NC1CCN(c2cccs2)CC1.I. The zero-order valence-electron chi connectivity index (χ0n) is 16.3. The number of rotatable bonds is 4. The first kappa shape index (κ1) is 20.0. The molecule has 1 aliphatic heterocycles. The number of hydrogen-bond donors (Lipinski definition) is 2. The molecule has 28 heavy (non-hydrogen) atoms. The van der Waals surface area contributed by atoms with Crippen molar-refractivity contribution in [2.45, 2.75) is 31.2 Å². The molecule has 4 nitrogen and oxygen atoms in total. The second kappa shape index (κ2) is 8.61. The van der Waals surface area contributed by atoms with Crippen LogP contribution in [0.4, 0.5) is 5.00 Å². The number of piperidine rings is 1. The lowest BCUT2D eigenvalue weighted by atomic mass is 10.0. The average molecular weight is 508 g/mol. The molecule has 1 aromatic carbocycles. The molecule has 5 rings (SSSR count). The van der Waals surface area contributed by atoms with Gasteiger partial charge < -0.3 is 15.5 Å². The third kappa shape index (κ3) is 3.90. The normalized spacial score (nSPS) is 26.2. The molecule has 3 aliphatic rings. The van der Waals surface area contributed by atoms with Crippen LogP contribution in [-0.2, 0) is 6.42 Å². The number of nitrogens with zero attached hydrogens (tertiary/aromatic N) is 2. The summed E-state index contributed by atoms with van der Waals surface area (Å²) in [6.45, 7) is 3.29. The van der Waals surface area contributed by atoms with Crippen molar-refractivity contribution in [1.82, 2.24) is 10.6 Å². The van der Waals surface area contributed by atoms with Gasteiger partial charge in [0.25, 0.3) is 0 Å². The van der Waals surface area contributed by atoms with Gasteiger partial charge in [0.15, 0.2) is 5.96 Å². The Morgan fingerprint density at radius 3 is 2.75 bits per heavy atom. The number of nitrogens with one attached hydrogen (secondary N) is 2. The Morgan fingerprint density at radius 1 is 1.18 bits per heavy atom. The molecule has 1 saturated heterocycles. The number of anilines is 1. The van der Waals surface area contributed by atoms with Gasteiger partial charge in [-0.3, -0.25) is 4.99 Å². The molecule has 0 radical (unpaired) electrons. The van der Waals surface area contributed by atoms with E-state index in [0.29, 0.717) is 6.04 Å². The summed E-state index contributed by atoms with van der Waals surface area (Å²) >= 11 is 1.84. The predicted molar refractivity (Wildman–Crippen MR) is 129 cm³/mol. The molecule has 0 bridgehead atoms. The van der Waals surface area contributed by atoms with Gasteiger partial charge in [0, 0.05) is 32.7 Å². The summed E-state index contributed by atoms with van der Waals surface area (Å²) in [5, 5.41) is 10.8. The highest BCUT2D eigenvalue weighted by molar-refractivity contribution is 14.0. The van der Waals surface area contributed by atoms with Gasteiger partial charge >= 0.3 is 0 Å². The summed E-state index contributed by atoms with van der Waals surface area (Å²) in [6.07, 6.45) is 3.60. The summed E-state index contributed by atoms with van der Waals surface area (Å²) in [5.41, 5.74) is 3.17. The summed E-state index contributed by atoms with van der Waals surface area (Å²) in [6, 6.07) is 13.9. The monoisotopic (exact) mass is 508 g/mol. The quantitative estimate of drug-likeness (QED) is 0.372. The first-order valence-electron chi connectivity index (χ1n) is 10.2. The molecule has 2 N–H and O–H groups in total. The molecule has 0 amide bonds. The lowest BCUT2D eigenvalue weighted by Gasteiger charge is -2.33. The molecule has 150 valence electrons. The van der Waals surface area contributed by atoms with Crippen molar-refractivity contribution in [1.29, 1.82) is 0 Å². The number of thiophene rings is 1. The lowest BCUT2D eigenvalue weighted by molar-refractivity contribution is 0.462. The van der Waals surface area contributed by atoms with E-state index in [1.165, 1.54) is 24.3 Å². The molecule has 6 heteroatoms. The van der Waals surface area contributed by atoms with Crippen molar-refractivity contribution in [2.24, 2.45) is 16.8 Å².